The average Bonchev–Trinajstić information content (AvgIpc) is 2.23. The lowest BCUT2D eigenvalue weighted by molar-refractivity contribution is 0.410. The summed E-state index contributed by atoms with van der Waals surface area (Å²) >= 11 is 0. The molecule has 76 valence electrons. The fourth-order valence-electron chi connectivity index (χ4n) is 1.85. The first kappa shape index (κ1) is 9.40. The second-order valence-corrected chi connectivity index (χ2v) is 3.85. The summed E-state index contributed by atoms with van der Waals surface area (Å²) in [6.07, 6.45) is 7.84. The van der Waals surface area contributed by atoms with Crippen molar-refractivity contribution in [2.24, 2.45) is 5.73 Å². The molecule has 0 bridgehead atoms. The molecule has 1 saturated carbocycles. The normalized spacial score (nSPS) is 27.2. The summed E-state index contributed by atoms with van der Waals surface area (Å²) in [7, 11) is 0. The van der Waals surface area contributed by atoms with E-state index < -0.39 is 0 Å². The summed E-state index contributed by atoms with van der Waals surface area (Å²) in [5.74, 6) is 0.917. The van der Waals surface area contributed by atoms with E-state index in [1.54, 1.807) is 12.5 Å². The molecule has 1 aliphatic carbocycles. The lowest BCUT2D eigenvalue weighted by Gasteiger charge is -2.27. The Bertz CT molecular complexity index is 267. The van der Waals surface area contributed by atoms with Gasteiger partial charge in [-0.25, -0.2) is 9.97 Å². The molecule has 1 aromatic rings. The first-order valence-corrected chi connectivity index (χ1v) is 5.13. The second kappa shape index (κ2) is 4.37. The van der Waals surface area contributed by atoms with Gasteiger partial charge in [0.25, 0.3) is 0 Å². The fourth-order valence-corrected chi connectivity index (χ4v) is 1.85. The van der Waals surface area contributed by atoms with E-state index in [4.69, 9.17) is 5.73 Å². The van der Waals surface area contributed by atoms with Gasteiger partial charge >= 0.3 is 0 Å². The first-order valence-electron chi connectivity index (χ1n) is 5.13. The van der Waals surface area contributed by atoms with Crippen molar-refractivity contribution in [1.82, 2.24) is 9.97 Å². The molecule has 0 saturated heterocycles. The summed E-state index contributed by atoms with van der Waals surface area (Å²) in [6, 6.07) is 2.83. The highest BCUT2D eigenvalue weighted by atomic mass is 15.0. The fraction of sp³-hybridized carbons (Fsp3) is 0.600. The van der Waals surface area contributed by atoms with Crippen LogP contribution in [0.5, 0.6) is 0 Å². The number of nitrogens with one attached hydrogen (secondary N) is 1. The predicted octanol–water partition coefficient (Wildman–Crippen LogP) is 1.16. The Morgan fingerprint density at radius 3 is 2.71 bits per heavy atom. The maximum Gasteiger partial charge on any atom is 0.129 e. The molecule has 14 heavy (non-hydrogen) atoms. The molecule has 0 atom stereocenters. The van der Waals surface area contributed by atoms with Gasteiger partial charge < -0.3 is 11.1 Å². The summed E-state index contributed by atoms with van der Waals surface area (Å²) < 4.78 is 0. The molecule has 1 aliphatic rings. The van der Waals surface area contributed by atoms with Crippen molar-refractivity contribution in [1.29, 1.82) is 0 Å². The van der Waals surface area contributed by atoms with E-state index in [0.29, 0.717) is 12.1 Å². The van der Waals surface area contributed by atoms with Crippen LogP contribution in [0.25, 0.3) is 0 Å². The van der Waals surface area contributed by atoms with Crippen molar-refractivity contribution in [2.75, 3.05) is 5.32 Å². The Morgan fingerprint density at radius 1 is 1.29 bits per heavy atom. The van der Waals surface area contributed by atoms with Gasteiger partial charge in [-0.15, -0.1) is 0 Å². The summed E-state index contributed by atoms with van der Waals surface area (Å²) in [4.78, 5) is 8.02. The molecular formula is C10H16N4. The van der Waals surface area contributed by atoms with Crippen LogP contribution >= 0.6 is 0 Å². The smallest absolute Gasteiger partial charge is 0.129 e. The third kappa shape index (κ3) is 2.42. The van der Waals surface area contributed by atoms with Gasteiger partial charge in [-0.2, -0.15) is 0 Å². The van der Waals surface area contributed by atoms with Crippen molar-refractivity contribution in [3.8, 4) is 0 Å². The molecule has 2 rings (SSSR count). The third-order valence-corrected chi connectivity index (χ3v) is 2.71. The zero-order chi connectivity index (χ0) is 9.80. The molecular weight excluding hydrogens is 176 g/mol. The molecule has 0 aliphatic heterocycles. The third-order valence-electron chi connectivity index (χ3n) is 2.71. The largest absolute Gasteiger partial charge is 0.367 e. The molecule has 0 unspecified atom stereocenters. The first-order chi connectivity index (χ1) is 6.84. The predicted molar refractivity (Wildman–Crippen MR) is 55.9 cm³/mol. The molecule has 4 heteroatoms. The van der Waals surface area contributed by atoms with Gasteiger partial charge in [-0.3, -0.25) is 0 Å². The minimum atomic E-state index is 0.401. The van der Waals surface area contributed by atoms with E-state index in [-0.39, 0.29) is 0 Å². The van der Waals surface area contributed by atoms with Gasteiger partial charge in [0.2, 0.25) is 0 Å². The molecule has 4 nitrogen and oxygen atoms in total. The SMILES string of the molecule is NC1CCC(Nc2ccncn2)CC1. The molecule has 0 aromatic carbocycles. The van der Waals surface area contributed by atoms with E-state index in [9.17, 15) is 0 Å². The molecule has 0 spiro atoms. The number of anilines is 1. The van der Waals surface area contributed by atoms with E-state index >= 15 is 0 Å². The minimum Gasteiger partial charge on any atom is -0.367 e. The van der Waals surface area contributed by atoms with Crippen LogP contribution in [0.1, 0.15) is 25.7 Å². The van der Waals surface area contributed by atoms with Crippen molar-refractivity contribution in [3.05, 3.63) is 18.6 Å². The summed E-state index contributed by atoms with van der Waals surface area (Å²) in [6.45, 7) is 0. The molecule has 0 amide bonds. The summed E-state index contributed by atoms with van der Waals surface area (Å²) in [5, 5.41) is 3.39. The number of hydrogen-bond acceptors (Lipinski definition) is 4. The van der Waals surface area contributed by atoms with Gasteiger partial charge in [0.1, 0.15) is 12.1 Å². The van der Waals surface area contributed by atoms with Gasteiger partial charge in [0.15, 0.2) is 0 Å². The number of rotatable bonds is 2. The minimum absolute atomic E-state index is 0.401. The monoisotopic (exact) mass is 192 g/mol. The lowest BCUT2D eigenvalue weighted by atomic mass is 9.92. The Morgan fingerprint density at radius 2 is 2.07 bits per heavy atom. The van der Waals surface area contributed by atoms with Gasteiger partial charge in [0, 0.05) is 18.3 Å². The van der Waals surface area contributed by atoms with Gasteiger partial charge in [-0.05, 0) is 31.7 Å². The van der Waals surface area contributed by atoms with E-state index in [0.717, 1.165) is 31.5 Å². The number of aromatic nitrogens is 2. The van der Waals surface area contributed by atoms with Gasteiger partial charge in [0.05, 0.1) is 0 Å². The number of nitrogens with zero attached hydrogens (tertiary/aromatic N) is 2. The average molecular weight is 192 g/mol. The highest BCUT2D eigenvalue weighted by Crippen LogP contribution is 2.19. The zero-order valence-corrected chi connectivity index (χ0v) is 8.19. The van der Waals surface area contributed by atoms with Crippen LogP contribution in [0.2, 0.25) is 0 Å². The topological polar surface area (TPSA) is 63.8 Å². The Hall–Kier alpha value is -1.16. The van der Waals surface area contributed by atoms with E-state index in [2.05, 4.69) is 15.3 Å². The van der Waals surface area contributed by atoms with Crippen LogP contribution in [0.15, 0.2) is 18.6 Å². The van der Waals surface area contributed by atoms with Crippen molar-refractivity contribution < 1.29 is 0 Å². The van der Waals surface area contributed by atoms with Crippen LogP contribution in [-0.2, 0) is 0 Å². The van der Waals surface area contributed by atoms with Crippen LogP contribution < -0.4 is 11.1 Å². The van der Waals surface area contributed by atoms with Crippen LogP contribution in [0, 0.1) is 0 Å². The van der Waals surface area contributed by atoms with Crippen LogP contribution in [0.4, 0.5) is 5.82 Å². The highest BCUT2D eigenvalue weighted by Gasteiger charge is 2.18. The summed E-state index contributed by atoms with van der Waals surface area (Å²) in [5.41, 5.74) is 5.84. The second-order valence-electron chi connectivity index (χ2n) is 3.85. The molecule has 1 heterocycles. The molecule has 1 aromatic heterocycles. The maximum absolute atomic E-state index is 5.84. The Kier molecular flexibility index (Phi) is 2.93. The number of nitrogens with two attached hydrogens (primary N) is 1. The number of hydrogen-bond donors (Lipinski definition) is 2. The zero-order valence-electron chi connectivity index (χ0n) is 8.19. The molecule has 1 fully saturated rings. The highest BCUT2D eigenvalue weighted by molar-refractivity contribution is 5.33. The Labute approximate surface area is 83.9 Å². The van der Waals surface area contributed by atoms with Crippen molar-refractivity contribution in [2.45, 2.75) is 37.8 Å². The lowest BCUT2D eigenvalue weighted by Crippen LogP contribution is -2.32. The van der Waals surface area contributed by atoms with E-state index in [1.165, 1.54) is 0 Å². The molecule has 0 radical (unpaired) electrons. The van der Waals surface area contributed by atoms with E-state index in [1.807, 2.05) is 6.07 Å². The van der Waals surface area contributed by atoms with Gasteiger partial charge in [-0.1, -0.05) is 0 Å². The van der Waals surface area contributed by atoms with Crippen LogP contribution in [0.3, 0.4) is 0 Å². The maximum atomic E-state index is 5.84. The Balaban J connectivity index is 1.87. The quantitative estimate of drug-likeness (QED) is 0.738. The van der Waals surface area contributed by atoms with Crippen LogP contribution in [-0.4, -0.2) is 22.1 Å². The standard InChI is InChI=1S/C10H16N4/c11-8-1-3-9(4-2-8)14-10-5-6-12-7-13-10/h5-9H,1-4,11H2,(H,12,13,14). The van der Waals surface area contributed by atoms with Crippen molar-refractivity contribution >= 4 is 5.82 Å². The molecule has 3 N–H and O–H groups in total. The van der Waals surface area contributed by atoms with Crippen molar-refractivity contribution in [3.63, 3.8) is 0 Å².